The minimum Gasteiger partial charge on any atom is -0.466 e. The summed E-state index contributed by atoms with van der Waals surface area (Å²) in [6.07, 6.45) is 1.89. The Kier molecular flexibility index (Phi) is 4.10. The van der Waals surface area contributed by atoms with Crippen LogP contribution in [0.15, 0.2) is 16.5 Å². The van der Waals surface area contributed by atoms with Crippen LogP contribution in [0.3, 0.4) is 0 Å². The number of furan rings is 1. The number of aryl methyl sites for hydroxylation is 4. The summed E-state index contributed by atoms with van der Waals surface area (Å²) in [5.74, 6) is 1.96. The summed E-state index contributed by atoms with van der Waals surface area (Å²) < 4.78 is 7.61. The zero-order valence-corrected chi connectivity index (χ0v) is 12.4. The van der Waals surface area contributed by atoms with Crippen molar-refractivity contribution in [1.29, 1.82) is 0 Å². The molecule has 0 bridgehead atoms. The summed E-state index contributed by atoms with van der Waals surface area (Å²) in [4.78, 5) is 0. The Bertz CT molecular complexity index is 554. The standard InChI is InChI=1S/C15H23N3O/c1-6-12-8-13(18(5)17-12)9-15(16-4)14-7-10(2)19-11(14)3/h7-8,15-16H,6,9H2,1-5H3. The number of rotatable bonds is 5. The zero-order valence-electron chi connectivity index (χ0n) is 12.4. The number of hydrogen-bond donors (Lipinski definition) is 1. The van der Waals surface area contributed by atoms with Gasteiger partial charge in [-0.1, -0.05) is 6.92 Å². The van der Waals surface area contributed by atoms with E-state index in [9.17, 15) is 0 Å². The van der Waals surface area contributed by atoms with E-state index in [0.717, 1.165) is 30.1 Å². The average molecular weight is 261 g/mol. The quantitative estimate of drug-likeness (QED) is 0.900. The summed E-state index contributed by atoms with van der Waals surface area (Å²) in [5, 5.41) is 7.88. The van der Waals surface area contributed by atoms with Gasteiger partial charge in [0.2, 0.25) is 0 Å². The van der Waals surface area contributed by atoms with Crippen LogP contribution >= 0.6 is 0 Å². The van der Waals surface area contributed by atoms with E-state index in [-0.39, 0.29) is 6.04 Å². The van der Waals surface area contributed by atoms with Crippen LogP contribution < -0.4 is 5.32 Å². The van der Waals surface area contributed by atoms with E-state index in [1.807, 2.05) is 32.6 Å². The Balaban J connectivity index is 2.23. The SMILES string of the molecule is CCc1cc(CC(NC)c2cc(C)oc2C)n(C)n1. The molecule has 19 heavy (non-hydrogen) atoms. The highest BCUT2D eigenvalue weighted by Gasteiger charge is 2.18. The van der Waals surface area contributed by atoms with Crippen molar-refractivity contribution in [2.75, 3.05) is 7.05 Å². The topological polar surface area (TPSA) is 43.0 Å². The summed E-state index contributed by atoms with van der Waals surface area (Å²) in [5.41, 5.74) is 3.63. The minimum absolute atomic E-state index is 0.262. The van der Waals surface area contributed by atoms with Crippen LogP contribution in [-0.2, 0) is 19.9 Å². The van der Waals surface area contributed by atoms with Crippen LogP contribution in [0, 0.1) is 13.8 Å². The highest BCUT2D eigenvalue weighted by Crippen LogP contribution is 2.24. The molecule has 0 saturated heterocycles. The van der Waals surface area contributed by atoms with E-state index in [1.165, 1.54) is 11.3 Å². The van der Waals surface area contributed by atoms with Gasteiger partial charge in [-0.25, -0.2) is 0 Å². The Morgan fingerprint density at radius 3 is 2.58 bits per heavy atom. The van der Waals surface area contributed by atoms with Gasteiger partial charge in [-0.05, 0) is 39.4 Å². The van der Waals surface area contributed by atoms with Crippen LogP contribution in [0.2, 0.25) is 0 Å². The highest BCUT2D eigenvalue weighted by molar-refractivity contribution is 5.26. The lowest BCUT2D eigenvalue weighted by molar-refractivity contribution is 0.487. The van der Waals surface area contributed by atoms with Crippen molar-refractivity contribution in [2.24, 2.45) is 7.05 Å². The van der Waals surface area contributed by atoms with Gasteiger partial charge in [-0.3, -0.25) is 4.68 Å². The predicted molar refractivity (Wildman–Crippen MR) is 76.3 cm³/mol. The molecule has 0 amide bonds. The number of nitrogens with zero attached hydrogens (tertiary/aromatic N) is 2. The molecular weight excluding hydrogens is 238 g/mol. The van der Waals surface area contributed by atoms with Gasteiger partial charge < -0.3 is 9.73 Å². The minimum atomic E-state index is 0.262. The fraction of sp³-hybridized carbons (Fsp3) is 0.533. The van der Waals surface area contributed by atoms with Gasteiger partial charge in [-0.15, -0.1) is 0 Å². The maximum absolute atomic E-state index is 5.63. The molecule has 2 aromatic heterocycles. The summed E-state index contributed by atoms with van der Waals surface area (Å²) in [6.45, 7) is 6.14. The normalized spacial score (nSPS) is 12.9. The number of hydrogen-bond acceptors (Lipinski definition) is 3. The monoisotopic (exact) mass is 261 g/mol. The fourth-order valence-electron chi connectivity index (χ4n) is 2.51. The van der Waals surface area contributed by atoms with E-state index in [2.05, 4.69) is 29.5 Å². The van der Waals surface area contributed by atoms with Crippen molar-refractivity contribution in [3.63, 3.8) is 0 Å². The van der Waals surface area contributed by atoms with Gasteiger partial charge in [0.15, 0.2) is 0 Å². The highest BCUT2D eigenvalue weighted by atomic mass is 16.3. The number of nitrogens with one attached hydrogen (secondary N) is 1. The first-order chi connectivity index (χ1) is 9.05. The fourth-order valence-corrected chi connectivity index (χ4v) is 2.51. The van der Waals surface area contributed by atoms with Crippen LogP contribution in [0.25, 0.3) is 0 Å². The second-order valence-electron chi connectivity index (χ2n) is 5.02. The second kappa shape index (κ2) is 5.61. The van der Waals surface area contributed by atoms with E-state index in [0.29, 0.717) is 0 Å². The van der Waals surface area contributed by atoms with Gasteiger partial charge in [0, 0.05) is 30.8 Å². The Hall–Kier alpha value is -1.55. The lowest BCUT2D eigenvalue weighted by Gasteiger charge is -2.15. The third-order valence-electron chi connectivity index (χ3n) is 3.61. The molecular formula is C15H23N3O. The van der Waals surface area contributed by atoms with E-state index in [1.54, 1.807) is 0 Å². The molecule has 0 aliphatic rings. The molecule has 0 fully saturated rings. The van der Waals surface area contributed by atoms with Crippen LogP contribution in [0.4, 0.5) is 0 Å². The van der Waals surface area contributed by atoms with Crippen molar-refractivity contribution < 1.29 is 4.42 Å². The summed E-state index contributed by atoms with van der Waals surface area (Å²) in [6, 6.07) is 4.57. The van der Waals surface area contributed by atoms with Crippen molar-refractivity contribution in [3.8, 4) is 0 Å². The van der Waals surface area contributed by atoms with E-state index >= 15 is 0 Å². The van der Waals surface area contributed by atoms with Crippen molar-refractivity contribution in [3.05, 3.63) is 40.6 Å². The van der Waals surface area contributed by atoms with Crippen LogP contribution in [-0.4, -0.2) is 16.8 Å². The van der Waals surface area contributed by atoms with E-state index in [4.69, 9.17) is 4.42 Å². The molecule has 4 nitrogen and oxygen atoms in total. The molecule has 0 spiro atoms. The molecule has 0 saturated carbocycles. The number of likely N-dealkylation sites (N-methyl/N-ethyl adjacent to an activating group) is 1. The van der Waals surface area contributed by atoms with Crippen molar-refractivity contribution in [2.45, 2.75) is 39.7 Å². The molecule has 1 N–H and O–H groups in total. The average Bonchev–Trinajstić information content (AvgIpc) is 2.89. The lowest BCUT2D eigenvalue weighted by atomic mass is 10.0. The second-order valence-corrected chi connectivity index (χ2v) is 5.02. The summed E-state index contributed by atoms with van der Waals surface area (Å²) >= 11 is 0. The third-order valence-corrected chi connectivity index (χ3v) is 3.61. The van der Waals surface area contributed by atoms with Crippen LogP contribution in [0.5, 0.6) is 0 Å². The first kappa shape index (κ1) is 13.9. The van der Waals surface area contributed by atoms with Crippen molar-refractivity contribution in [1.82, 2.24) is 15.1 Å². The van der Waals surface area contributed by atoms with Gasteiger partial charge in [0.25, 0.3) is 0 Å². The molecule has 4 heteroatoms. The number of aromatic nitrogens is 2. The smallest absolute Gasteiger partial charge is 0.105 e. The molecule has 2 heterocycles. The molecule has 0 radical (unpaired) electrons. The summed E-state index contributed by atoms with van der Waals surface area (Å²) in [7, 11) is 4.00. The van der Waals surface area contributed by atoms with Crippen LogP contribution in [0.1, 0.15) is 41.4 Å². The first-order valence-corrected chi connectivity index (χ1v) is 6.81. The maximum atomic E-state index is 5.63. The maximum Gasteiger partial charge on any atom is 0.105 e. The molecule has 2 aromatic rings. The van der Waals surface area contributed by atoms with Gasteiger partial charge in [0.1, 0.15) is 11.5 Å². The molecule has 1 unspecified atom stereocenters. The molecule has 0 aliphatic carbocycles. The first-order valence-electron chi connectivity index (χ1n) is 6.81. The zero-order chi connectivity index (χ0) is 14.0. The Labute approximate surface area is 114 Å². The third kappa shape index (κ3) is 2.89. The van der Waals surface area contributed by atoms with Gasteiger partial charge in [-0.2, -0.15) is 5.10 Å². The molecule has 0 aliphatic heterocycles. The van der Waals surface area contributed by atoms with E-state index < -0.39 is 0 Å². The Morgan fingerprint density at radius 2 is 2.11 bits per heavy atom. The molecule has 104 valence electrons. The predicted octanol–water partition coefficient (Wildman–Crippen LogP) is 2.70. The molecule has 1 atom stereocenters. The van der Waals surface area contributed by atoms with Crippen molar-refractivity contribution >= 4 is 0 Å². The molecule has 0 aromatic carbocycles. The molecule has 2 rings (SSSR count). The van der Waals surface area contributed by atoms with Gasteiger partial charge in [0.05, 0.1) is 5.69 Å². The lowest BCUT2D eigenvalue weighted by Crippen LogP contribution is -2.20. The largest absolute Gasteiger partial charge is 0.466 e. The Morgan fingerprint density at radius 1 is 1.37 bits per heavy atom. The van der Waals surface area contributed by atoms with Gasteiger partial charge >= 0.3 is 0 Å².